The molecule has 0 aliphatic heterocycles. The van der Waals surface area contributed by atoms with Gasteiger partial charge in [-0.1, -0.05) is 71.8 Å². The summed E-state index contributed by atoms with van der Waals surface area (Å²) in [6.07, 6.45) is 3.47. The summed E-state index contributed by atoms with van der Waals surface area (Å²) in [5.74, 6) is 0. The van der Waals surface area contributed by atoms with Gasteiger partial charge in [-0.25, -0.2) is 0 Å². The maximum absolute atomic E-state index is 9.14. The maximum atomic E-state index is 9.14. The number of hydrogen-bond acceptors (Lipinski definition) is 2. The van der Waals surface area contributed by atoms with E-state index >= 15 is 0 Å². The lowest BCUT2D eigenvalue weighted by atomic mass is 9.99. The van der Waals surface area contributed by atoms with Crippen LogP contribution in [0.2, 0.25) is 10.0 Å². The molecule has 0 heterocycles. The van der Waals surface area contributed by atoms with Gasteiger partial charge >= 0.3 is 0 Å². The Morgan fingerprint density at radius 3 is 2.23 bits per heavy atom. The first-order chi connectivity index (χ1) is 10.7. The van der Waals surface area contributed by atoms with Crippen molar-refractivity contribution >= 4 is 34.9 Å². The van der Waals surface area contributed by atoms with Gasteiger partial charge in [-0.3, -0.25) is 0 Å². The van der Waals surface area contributed by atoms with E-state index in [1.54, 1.807) is 30.4 Å². The first-order valence-electron chi connectivity index (χ1n) is 6.38. The molecule has 0 radical (unpaired) electrons. The van der Waals surface area contributed by atoms with Crippen LogP contribution in [0.15, 0.2) is 60.2 Å². The molecule has 2 aromatic rings. The predicted octanol–water partition coefficient (Wildman–Crippen LogP) is 5.51. The van der Waals surface area contributed by atoms with Crippen LogP contribution in [-0.4, -0.2) is 0 Å². The molecule has 0 saturated heterocycles. The van der Waals surface area contributed by atoms with Crippen molar-refractivity contribution < 1.29 is 0 Å². The van der Waals surface area contributed by atoms with E-state index in [2.05, 4.69) is 0 Å². The first kappa shape index (κ1) is 15.9. The van der Waals surface area contributed by atoms with E-state index in [4.69, 9.17) is 33.7 Å². The van der Waals surface area contributed by atoms with E-state index in [1.807, 2.05) is 42.5 Å². The average Bonchev–Trinajstić information content (AvgIpc) is 2.54. The first-order valence-corrected chi connectivity index (χ1v) is 7.14. The third kappa shape index (κ3) is 3.77. The number of benzene rings is 2. The van der Waals surface area contributed by atoms with Crippen LogP contribution in [0.3, 0.4) is 0 Å². The van der Waals surface area contributed by atoms with Crippen molar-refractivity contribution in [1.82, 2.24) is 0 Å². The highest BCUT2D eigenvalue weighted by molar-refractivity contribution is 6.35. The molecule has 0 aliphatic carbocycles. The number of hydrogen-bond donors (Lipinski definition) is 0. The van der Waals surface area contributed by atoms with Crippen LogP contribution in [0.25, 0.3) is 11.6 Å². The second-order valence-electron chi connectivity index (χ2n) is 4.38. The molecular weight excluding hydrogens is 315 g/mol. The molecule has 0 atom stereocenters. The highest BCUT2D eigenvalue weighted by Gasteiger charge is 2.06. The Kier molecular flexibility index (Phi) is 5.39. The lowest BCUT2D eigenvalue weighted by Crippen LogP contribution is -1.86. The van der Waals surface area contributed by atoms with Gasteiger partial charge in [0.2, 0.25) is 0 Å². The van der Waals surface area contributed by atoms with Crippen LogP contribution in [0.5, 0.6) is 0 Å². The smallest absolute Gasteiger partial charge is 0.137 e. The topological polar surface area (TPSA) is 47.6 Å². The van der Waals surface area contributed by atoms with Gasteiger partial charge < -0.3 is 0 Å². The lowest BCUT2D eigenvalue weighted by Gasteiger charge is -2.03. The van der Waals surface area contributed by atoms with Gasteiger partial charge in [0.1, 0.15) is 17.7 Å². The van der Waals surface area contributed by atoms with Crippen molar-refractivity contribution in [3.8, 4) is 12.1 Å². The molecular formula is C18H10Cl2N2. The quantitative estimate of drug-likeness (QED) is 0.552. The van der Waals surface area contributed by atoms with Gasteiger partial charge in [-0.15, -0.1) is 0 Å². The summed E-state index contributed by atoms with van der Waals surface area (Å²) in [6.45, 7) is 0. The molecule has 2 aromatic carbocycles. The fourth-order valence-corrected chi connectivity index (χ4v) is 2.37. The molecule has 0 N–H and O–H groups in total. The summed E-state index contributed by atoms with van der Waals surface area (Å²) in [5, 5.41) is 19.3. The summed E-state index contributed by atoms with van der Waals surface area (Å²) < 4.78 is 0. The minimum atomic E-state index is 0.0486. The van der Waals surface area contributed by atoms with E-state index in [-0.39, 0.29) is 5.57 Å². The van der Waals surface area contributed by atoms with Crippen LogP contribution >= 0.6 is 23.2 Å². The van der Waals surface area contributed by atoms with Crippen molar-refractivity contribution in [1.29, 1.82) is 10.5 Å². The minimum Gasteiger partial charge on any atom is -0.192 e. The normalized spacial score (nSPS) is 10.0. The van der Waals surface area contributed by atoms with E-state index in [0.29, 0.717) is 15.6 Å². The average molecular weight is 325 g/mol. The summed E-state index contributed by atoms with van der Waals surface area (Å²) in [6, 6.07) is 18.3. The monoisotopic (exact) mass is 324 g/mol. The fourth-order valence-electron chi connectivity index (χ4n) is 1.90. The van der Waals surface area contributed by atoms with E-state index in [0.717, 1.165) is 11.1 Å². The highest BCUT2D eigenvalue weighted by Crippen LogP contribution is 2.25. The number of nitriles is 2. The zero-order chi connectivity index (χ0) is 15.9. The number of nitrogens with zero attached hydrogens (tertiary/aromatic N) is 2. The van der Waals surface area contributed by atoms with E-state index in [1.165, 1.54) is 0 Å². The lowest BCUT2D eigenvalue weighted by molar-refractivity contribution is 1.46. The van der Waals surface area contributed by atoms with Crippen LogP contribution in [0.4, 0.5) is 0 Å². The Balaban J connectivity index is 2.49. The molecule has 0 fully saturated rings. The van der Waals surface area contributed by atoms with Gasteiger partial charge in [-0.05, 0) is 23.3 Å². The zero-order valence-corrected chi connectivity index (χ0v) is 12.9. The Bertz CT molecular complexity index is 806. The fraction of sp³-hybridized carbons (Fsp3) is 0. The van der Waals surface area contributed by atoms with Crippen LogP contribution in [0, 0.1) is 22.7 Å². The second kappa shape index (κ2) is 7.48. The molecule has 2 rings (SSSR count). The number of rotatable bonds is 3. The van der Waals surface area contributed by atoms with Gasteiger partial charge in [0.05, 0.1) is 0 Å². The predicted molar refractivity (Wildman–Crippen MR) is 90.1 cm³/mol. The number of halogens is 2. The molecule has 0 saturated carbocycles. The Morgan fingerprint density at radius 1 is 0.955 bits per heavy atom. The molecule has 0 unspecified atom stereocenters. The molecule has 0 spiro atoms. The maximum Gasteiger partial charge on any atom is 0.137 e. The van der Waals surface area contributed by atoms with Crippen LogP contribution in [0.1, 0.15) is 11.1 Å². The van der Waals surface area contributed by atoms with Gasteiger partial charge in [0.25, 0.3) is 0 Å². The van der Waals surface area contributed by atoms with E-state index in [9.17, 15) is 0 Å². The standard InChI is InChI=1S/C18H10Cl2N2/c19-16-8-6-14(18(20)10-16)7-9-17(15(11-21)12-22)13-4-2-1-3-5-13/h1-10H/b9-7+. The summed E-state index contributed by atoms with van der Waals surface area (Å²) >= 11 is 12.0. The molecule has 4 heteroatoms. The molecule has 0 aromatic heterocycles. The highest BCUT2D eigenvalue weighted by atomic mass is 35.5. The summed E-state index contributed by atoms with van der Waals surface area (Å²) in [4.78, 5) is 0. The molecule has 0 bridgehead atoms. The van der Waals surface area contributed by atoms with Crippen molar-refractivity contribution in [2.75, 3.05) is 0 Å². The van der Waals surface area contributed by atoms with Crippen molar-refractivity contribution in [2.24, 2.45) is 0 Å². The van der Waals surface area contributed by atoms with Crippen molar-refractivity contribution in [3.05, 3.63) is 81.4 Å². The SMILES string of the molecule is N#CC(C#N)=C(/C=C/c1ccc(Cl)cc1Cl)c1ccccc1. The minimum absolute atomic E-state index is 0.0486. The van der Waals surface area contributed by atoms with Crippen LogP contribution < -0.4 is 0 Å². The summed E-state index contributed by atoms with van der Waals surface area (Å²) in [5.41, 5.74) is 2.15. The Hall–Kier alpha value is -2.52. The largest absolute Gasteiger partial charge is 0.192 e. The van der Waals surface area contributed by atoms with Gasteiger partial charge in [0, 0.05) is 15.6 Å². The van der Waals surface area contributed by atoms with Crippen molar-refractivity contribution in [3.63, 3.8) is 0 Å². The Morgan fingerprint density at radius 2 is 1.64 bits per heavy atom. The van der Waals surface area contributed by atoms with E-state index < -0.39 is 0 Å². The number of allylic oxidation sites excluding steroid dienone is 3. The van der Waals surface area contributed by atoms with Gasteiger partial charge in [0.15, 0.2) is 0 Å². The zero-order valence-electron chi connectivity index (χ0n) is 11.4. The molecule has 0 aliphatic rings. The van der Waals surface area contributed by atoms with Crippen molar-refractivity contribution in [2.45, 2.75) is 0 Å². The second-order valence-corrected chi connectivity index (χ2v) is 5.22. The molecule has 106 valence electrons. The third-order valence-electron chi connectivity index (χ3n) is 2.97. The molecule has 0 amide bonds. The summed E-state index contributed by atoms with van der Waals surface area (Å²) in [7, 11) is 0. The van der Waals surface area contributed by atoms with Crippen LogP contribution in [-0.2, 0) is 0 Å². The third-order valence-corrected chi connectivity index (χ3v) is 3.53. The molecule has 2 nitrogen and oxygen atoms in total. The molecule has 22 heavy (non-hydrogen) atoms. The Labute approximate surface area is 139 Å². The van der Waals surface area contributed by atoms with Gasteiger partial charge in [-0.2, -0.15) is 10.5 Å².